The summed E-state index contributed by atoms with van der Waals surface area (Å²) in [6, 6.07) is 28.9. The topological polar surface area (TPSA) is 52.6 Å². The second-order valence-corrected chi connectivity index (χ2v) is 11.5. The average Bonchev–Trinajstić information content (AvgIpc) is 3.29. The van der Waals surface area contributed by atoms with Crippen molar-refractivity contribution in [3.63, 3.8) is 0 Å². The Labute approximate surface area is 261 Å². The number of hydrogen-bond acceptors (Lipinski definition) is 4. The lowest BCUT2D eigenvalue weighted by atomic mass is 9.67. The van der Waals surface area contributed by atoms with E-state index in [4.69, 9.17) is 9.47 Å². The molecule has 5 rings (SSSR count). The Balaban J connectivity index is 1.55. The summed E-state index contributed by atoms with van der Waals surface area (Å²) in [6.07, 6.45) is 12.0. The summed E-state index contributed by atoms with van der Waals surface area (Å²) in [5, 5.41) is 0. The molecule has 0 saturated heterocycles. The van der Waals surface area contributed by atoms with Gasteiger partial charge in [0.15, 0.2) is 0 Å². The number of fused-ring (bicyclic) bond motifs is 3. The Hall–Kier alpha value is -4.70. The maximum absolute atomic E-state index is 12.5. The van der Waals surface area contributed by atoms with E-state index in [2.05, 4.69) is 69.3 Å². The maximum Gasteiger partial charge on any atom is 0.335 e. The normalized spacial score (nSPS) is 13.2. The van der Waals surface area contributed by atoms with Gasteiger partial charge in [0, 0.05) is 12.2 Å². The molecule has 0 fully saturated rings. The first-order valence-corrected chi connectivity index (χ1v) is 15.5. The Kier molecular flexibility index (Phi) is 9.59. The number of carbonyl (C=O) groups excluding carboxylic acids is 2. The smallest absolute Gasteiger partial charge is 0.335 e. The minimum Gasteiger partial charge on any atom is -0.423 e. The van der Waals surface area contributed by atoms with Gasteiger partial charge in [-0.2, -0.15) is 0 Å². The Morgan fingerprint density at radius 1 is 0.659 bits per heavy atom. The molecule has 4 nitrogen and oxygen atoms in total. The highest BCUT2D eigenvalue weighted by molar-refractivity contribution is 5.87. The lowest BCUT2D eigenvalue weighted by Crippen LogP contribution is -2.28. The van der Waals surface area contributed by atoms with Crippen LogP contribution in [0.25, 0.3) is 11.1 Å². The van der Waals surface area contributed by atoms with Crippen LogP contribution >= 0.6 is 0 Å². The number of rotatable bonds is 11. The Morgan fingerprint density at radius 3 is 1.64 bits per heavy atom. The van der Waals surface area contributed by atoms with E-state index < -0.39 is 11.4 Å². The van der Waals surface area contributed by atoms with Gasteiger partial charge in [-0.3, -0.25) is 0 Å². The minimum absolute atomic E-state index is 0.367. The van der Waals surface area contributed by atoms with Crippen molar-refractivity contribution in [2.75, 3.05) is 0 Å². The predicted octanol–water partition coefficient (Wildman–Crippen LogP) is 9.58. The molecule has 0 heterocycles. The zero-order valence-corrected chi connectivity index (χ0v) is 26.1. The zero-order valence-electron chi connectivity index (χ0n) is 26.1. The lowest BCUT2D eigenvalue weighted by molar-refractivity contribution is -0.129. The van der Waals surface area contributed by atoms with Crippen molar-refractivity contribution in [1.29, 1.82) is 0 Å². The third-order valence-corrected chi connectivity index (χ3v) is 8.24. The van der Waals surface area contributed by atoms with Gasteiger partial charge in [-0.05, 0) is 91.3 Å². The van der Waals surface area contributed by atoms with Gasteiger partial charge in [0.1, 0.15) is 11.5 Å². The van der Waals surface area contributed by atoms with Gasteiger partial charge in [0.2, 0.25) is 0 Å². The van der Waals surface area contributed by atoms with E-state index >= 15 is 0 Å². The molecule has 4 aromatic rings. The molecular formula is C40H40O4. The fourth-order valence-electron chi connectivity index (χ4n) is 6.19. The fourth-order valence-corrected chi connectivity index (χ4v) is 6.19. The van der Waals surface area contributed by atoms with Crippen LogP contribution < -0.4 is 9.47 Å². The average molecular weight is 585 g/mol. The fraction of sp³-hybridized carbons (Fsp3) is 0.250. The lowest BCUT2D eigenvalue weighted by Gasteiger charge is -2.34. The van der Waals surface area contributed by atoms with E-state index in [1.807, 2.05) is 42.5 Å². The standard InChI is InChI=1S/C40H40O4/c1-5-7-8-9-10-11-13-39(42)44-33-22-18-31(19-23-33)40(30-16-20-32(21-17-30)43-38(41)12-6-2)36-26-28(3)14-24-34(36)35-25-15-29(4)27-37(35)40/h6,11-27H,5,7-10H2,1-4H3/b12-6+,13-11+. The predicted molar refractivity (Wildman–Crippen MR) is 177 cm³/mol. The molecule has 0 aliphatic heterocycles. The Morgan fingerprint density at radius 2 is 1.16 bits per heavy atom. The molecule has 0 amide bonds. The number of ether oxygens (including phenoxy) is 2. The number of hydrogen-bond donors (Lipinski definition) is 0. The van der Waals surface area contributed by atoms with Crippen molar-refractivity contribution in [1.82, 2.24) is 0 Å². The van der Waals surface area contributed by atoms with E-state index in [9.17, 15) is 9.59 Å². The van der Waals surface area contributed by atoms with Gasteiger partial charge < -0.3 is 9.47 Å². The van der Waals surface area contributed by atoms with Crippen LogP contribution in [0.2, 0.25) is 0 Å². The van der Waals surface area contributed by atoms with Crippen molar-refractivity contribution in [3.8, 4) is 22.6 Å². The zero-order chi connectivity index (χ0) is 31.1. The van der Waals surface area contributed by atoms with Crippen LogP contribution in [0.1, 0.15) is 79.3 Å². The van der Waals surface area contributed by atoms with Gasteiger partial charge in [-0.15, -0.1) is 0 Å². The summed E-state index contributed by atoms with van der Waals surface area (Å²) < 4.78 is 11.2. The number of aryl methyl sites for hydroxylation is 2. The number of carbonyl (C=O) groups is 2. The third-order valence-electron chi connectivity index (χ3n) is 8.24. The minimum atomic E-state index is -0.629. The van der Waals surface area contributed by atoms with Crippen molar-refractivity contribution >= 4 is 11.9 Å². The molecule has 0 unspecified atom stereocenters. The largest absolute Gasteiger partial charge is 0.423 e. The first kappa shape index (κ1) is 30.7. The molecule has 4 aromatic carbocycles. The van der Waals surface area contributed by atoms with Crippen LogP contribution in [0, 0.1) is 13.8 Å². The summed E-state index contributed by atoms with van der Waals surface area (Å²) in [4.78, 5) is 24.6. The van der Waals surface area contributed by atoms with Gasteiger partial charge >= 0.3 is 11.9 Å². The third kappa shape index (κ3) is 6.30. The molecule has 224 valence electrons. The van der Waals surface area contributed by atoms with E-state index in [1.54, 1.807) is 13.0 Å². The molecule has 0 radical (unpaired) electrons. The molecule has 0 spiro atoms. The second kappa shape index (κ2) is 13.7. The summed E-state index contributed by atoms with van der Waals surface area (Å²) in [5.74, 6) is 0.213. The Bertz CT molecular complexity index is 1640. The molecular weight excluding hydrogens is 544 g/mol. The summed E-state index contributed by atoms with van der Waals surface area (Å²) in [5.41, 5.74) is 8.56. The van der Waals surface area contributed by atoms with Crippen molar-refractivity contribution in [2.24, 2.45) is 0 Å². The van der Waals surface area contributed by atoms with Crippen molar-refractivity contribution in [2.45, 2.75) is 65.2 Å². The first-order chi connectivity index (χ1) is 21.4. The second-order valence-electron chi connectivity index (χ2n) is 11.5. The maximum atomic E-state index is 12.5. The van der Waals surface area contributed by atoms with Crippen molar-refractivity contribution < 1.29 is 19.1 Å². The monoisotopic (exact) mass is 584 g/mol. The SMILES string of the molecule is C/C=C/C(=O)Oc1ccc(C2(c3ccc(OC(=O)/C=C/CCCCCC)cc3)c3cc(C)ccc3-c3ccc(C)cc32)cc1. The summed E-state index contributed by atoms with van der Waals surface area (Å²) >= 11 is 0. The van der Waals surface area contributed by atoms with E-state index in [1.165, 1.54) is 64.8 Å². The van der Waals surface area contributed by atoms with Gasteiger partial charge in [0.05, 0.1) is 5.41 Å². The van der Waals surface area contributed by atoms with Crippen LogP contribution in [0.4, 0.5) is 0 Å². The van der Waals surface area contributed by atoms with Gasteiger partial charge in [-0.25, -0.2) is 9.59 Å². The van der Waals surface area contributed by atoms with Crippen LogP contribution in [-0.2, 0) is 15.0 Å². The number of esters is 2. The molecule has 0 N–H and O–H groups in total. The molecule has 44 heavy (non-hydrogen) atoms. The van der Waals surface area contributed by atoms with E-state index in [0.29, 0.717) is 11.5 Å². The van der Waals surface area contributed by atoms with E-state index in [-0.39, 0.29) is 5.97 Å². The van der Waals surface area contributed by atoms with Crippen molar-refractivity contribution in [3.05, 3.63) is 143 Å². The highest BCUT2D eigenvalue weighted by Crippen LogP contribution is 2.56. The summed E-state index contributed by atoms with van der Waals surface area (Å²) in [6.45, 7) is 8.20. The molecule has 1 aliphatic carbocycles. The van der Waals surface area contributed by atoms with Crippen LogP contribution in [-0.4, -0.2) is 11.9 Å². The molecule has 0 aromatic heterocycles. The molecule has 4 heteroatoms. The van der Waals surface area contributed by atoms with Gasteiger partial charge in [0.25, 0.3) is 0 Å². The van der Waals surface area contributed by atoms with Crippen LogP contribution in [0.5, 0.6) is 11.5 Å². The molecule has 0 atom stereocenters. The molecule has 0 saturated carbocycles. The van der Waals surface area contributed by atoms with Gasteiger partial charge in [-0.1, -0.05) is 110 Å². The number of benzene rings is 4. The van der Waals surface area contributed by atoms with E-state index in [0.717, 1.165) is 24.0 Å². The van der Waals surface area contributed by atoms with Crippen LogP contribution in [0.15, 0.2) is 109 Å². The van der Waals surface area contributed by atoms with Crippen LogP contribution in [0.3, 0.4) is 0 Å². The molecule has 0 bridgehead atoms. The highest BCUT2D eigenvalue weighted by Gasteiger charge is 2.46. The quantitative estimate of drug-likeness (QED) is 0.0671. The molecule has 1 aliphatic rings. The highest BCUT2D eigenvalue weighted by atomic mass is 16.5. The number of unbranched alkanes of at least 4 members (excludes halogenated alkanes) is 4. The first-order valence-electron chi connectivity index (χ1n) is 15.5. The summed E-state index contributed by atoms with van der Waals surface area (Å²) in [7, 11) is 0. The number of allylic oxidation sites excluding steroid dienone is 2.